The Hall–Kier alpha value is -2.67. The van der Waals surface area contributed by atoms with Crippen molar-refractivity contribution in [3.05, 3.63) is 71.3 Å². The predicted octanol–water partition coefficient (Wildman–Crippen LogP) is 3.49. The number of fused-ring (bicyclic) bond motifs is 1. The molecule has 2 aromatic heterocycles. The van der Waals surface area contributed by atoms with Crippen LogP contribution < -0.4 is 5.32 Å². The van der Waals surface area contributed by atoms with Crippen LogP contribution in [0.5, 0.6) is 0 Å². The number of pyridine rings is 1. The van der Waals surface area contributed by atoms with E-state index in [1.54, 1.807) is 23.0 Å². The first-order valence-corrected chi connectivity index (χ1v) is 8.86. The number of thioether (sulfide) groups is 1. The number of anilines is 1. The molecule has 25 heavy (non-hydrogen) atoms. The normalized spacial score (nSPS) is 16.9. The van der Waals surface area contributed by atoms with Crippen LogP contribution in [0.1, 0.15) is 22.1 Å². The fourth-order valence-corrected chi connectivity index (χ4v) is 4.12. The van der Waals surface area contributed by atoms with Gasteiger partial charge in [0.15, 0.2) is 5.82 Å². The van der Waals surface area contributed by atoms with Gasteiger partial charge in [-0.05, 0) is 36.8 Å². The maximum Gasteiger partial charge on any atom is 0.235 e. The molecule has 0 spiro atoms. The summed E-state index contributed by atoms with van der Waals surface area (Å²) in [5.41, 5.74) is 2.67. The summed E-state index contributed by atoms with van der Waals surface area (Å²) in [7, 11) is 0. The number of hydrogen-bond donors (Lipinski definition) is 1. The van der Waals surface area contributed by atoms with Crippen LogP contribution in [0.15, 0.2) is 48.7 Å². The van der Waals surface area contributed by atoms with Gasteiger partial charge in [0, 0.05) is 11.8 Å². The Morgan fingerprint density at radius 3 is 2.76 bits per heavy atom. The summed E-state index contributed by atoms with van der Waals surface area (Å²) < 4.78 is 15.0. The number of nitrogens with one attached hydrogen (secondary N) is 1. The smallest absolute Gasteiger partial charge is 0.235 e. The van der Waals surface area contributed by atoms with Gasteiger partial charge < -0.3 is 5.32 Å². The average Bonchev–Trinajstić information content (AvgIpc) is 2.83. The van der Waals surface area contributed by atoms with Crippen molar-refractivity contribution in [1.29, 1.82) is 0 Å². The molecule has 3 heterocycles. The molecule has 126 valence electrons. The van der Waals surface area contributed by atoms with Gasteiger partial charge >= 0.3 is 0 Å². The van der Waals surface area contributed by atoms with E-state index in [0.717, 1.165) is 16.8 Å². The van der Waals surface area contributed by atoms with Crippen LogP contribution >= 0.6 is 11.8 Å². The standard InChI is InChI=1S/C18H15FN4OS/c1-11-16-17(12-5-7-13(19)8-6-12)25-10-15(24)21-18(16)23(22-11)14-4-2-3-9-20-14/h2-9,17H,10H2,1H3,(H,21,24)/t17-/m1/s1. The molecule has 0 saturated carbocycles. The summed E-state index contributed by atoms with van der Waals surface area (Å²) in [6.07, 6.45) is 1.68. The highest BCUT2D eigenvalue weighted by molar-refractivity contribution is 8.00. The number of aryl methyl sites for hydroxylation is 1. The van der Waals surface area contributed by atoms with Crippen molar-refractivity contribution in [1.82, 2.24) is 14.8 Å². The number of aromatic nitrogens is 3. The lowest BCUT2D eigenvalue weighted by Gasteiger charge is -2.15. The van der Waals surface area contributed by atoms with Crippen LogP contribution in [-0.4, -0.2) is 26.4 Å². The monoisotopic (exact) mass is 354 g/mol. The highest BCUT2D eigenvalue weighted by Gasteiger charge is 2.30. The highest BCUT2D eigenvalue weighted by atomic mass is 32.2. The van der Waals surface area contributed by atoms with Gasteiger partial charge in [0.05, 0.1) is 16.7 Å². The number of benzene rings is 1. The molecular weight excluding hydrogens is 339 g/mol. The second-order valence-electron chi connectivity index (χ2n) is 5.74. The summed E-state index contributed by atoms with van der Waals surface area (Å²) in [4.78, 5) is 16.5. The van der Waals surface area contributed by atoms with Gasteiger partial charge in [-0.1, -0.05) is 18.2 Å². The van der Waals surface area contributed by atoms with Crippen molar-refractivity contribution < 1.29 is 9.18 Å². The van der Waals surface area contributed by atoms with Crippen LogP contribution in [0.25, 0.3) is 5.82 Å². The quantitative estimate of drug-likeness (QED) is 0.765. The van der Waals surface area contributed by atoms with Crippen molar-refractivity contribution >= 4 is 23.5 Å². The molecule has 5 nitrogen and oxygen atoms in total. The van der Waals surface area contributed by atoms with Gasteiger partial charge in [-0.3, -0.25) is 4.79 Å². The summed E-state index contributed by atoms with van der Waals surface area (Å²) in [6.45, 7) is 1.91. The molecule has 0 saturated heterocycles. The number of rotatable bonds is 2. The predicted molar refractivity (Wildman–Crippen MR) is 95.4 cm³/mol. The molecule has 1 N–H and O–H groups in total. The molecule has 7 heteroatoms. The van der Waals surface area contributed by atoms with E-state index in [9.17, 15) is 9.18 Å². The SMILES string of the molecule is Cc1nn(-c2ccccn2)c2c1[C@@H](c1ccc(F)cc1)SCC(=O)N2. The molecule has 3 aromatic rings. The molecule has 0 radical (unpaired) electrons. The molecule has 1 aliphatic rings. The van der Waals surface area contributed by atoms with Gasteiger partial charge in [-0.2, -0.15) is 9.78 Å². The number of carbonyl (C=O) groups is 1. The molecule has 0 fully saturated rings. The van der Waals surface area contributed by atoms with Crippen molar-refractivity contribution in [2.24, 2.45) is 0 Å². The van der Waals surface area contributed by atoms with E-state index in [-0.39, 0.29) is 17.0 Å². The van der Waals surface area contributed by atoms with E-state index in [2.05, 4.69) is 15.4 Å². The van der Waals surface area contributed by atoms with E-state index < -0.39 is 0 Å². The third-order valence-electron chi connectivity index (χ3n) is 4.05. The lowest BCUT2D eigenvalue weighted by Crippen LogP contribution is -2.16. The van der Waals surface area contributed by atoms with Crippen LogP contribution in [0, 0.1) is 12.7 Å². The maximum atomic E-state index is 13.3. The highest BCUT2D eigenvalue weighted by Crippen LogP contribution is 2.43. The third kappa shape index (κ3) is 2.91. The van der Waals surface area contributed by atoms with E-state index in [4.69, 9.17) is 0 Å². The van der Waals surface area contributed by atoms with E-state index in [1.165, 1.54) is 23.9 Å². The van der Waals surface area contributed by atoms with Crippen LogP contribution in [0.4, 0.5) is 10.2 Å². The zero-order valence-corrected chi connectivity index (χ0v) is 14.3. The Balaban J connectivity index is 1.88. The molecule has 0 bridgehead atoms. The number of hydrogen-bond acceptors (Lipinski definition) is 4. The van der Waals surface area contributed by atoms with Crippen molar-refractivity contribution in [3.8, 4) is 5.82 Å². The van der Waals surface area contributed by atoms with Crippen LogP contribution in [-0.2, 0) is 4.79 Å². The number of nitrogens with zero attached hydrogens (tertiary/aromatic N) is 3. The Morgan fingerprint density at radius 2 is 2.04 bits per heavy atom. The van der Waals surface area contributed by atoms with Gasteiger partial charge in [0.1, 0.15) is 11.6 Å². The largest absolute Gasteiger partial charge is 0.310 e. The van der Waals surface area contributed by atoms with Crippen molar-refractivity contribution in [2.45, 2.75) is 12.2 Å². The molecular formula is C18H15FN4OS. The summed E-state index contributed by atoms with van der Waals surface area (Å²) in [6, 6.07) is 11.9. The minimum absolute atomic E-state index is 0.0899. The number of halogens is 1. The van der Waals surface area contributed by atoms with Crippen molar-refractivity contribution in [3.63, 3.8) is 0 Å². The molecule has 1 amide bonds. The fourth-order valence-electron chi connectivity index (χ4n) is 2.93. The van der Waals surface area contributed by atoms with Gasteiger partial charge in [-0.25, -0.2) is 9.37 Å². The average molecular weight is 354 g/mol. The summed E-state index contributed by atoms with van der Waals surface area (Å²) >= 11 is 1.51. The zero-order chi connectivity index (χ0) is 17.4. The minimum atomic E-state index is -0.280. The van der Waals surface area contributed by atoms with E-state index in [1.807, 2.05) is 25.1 Å². The molecule has 1 aromatic carbocycles. The molecule has 0 aliphatic carbocycles. The molecule has 1 atom stereocenters. The molecule has 4 rings (SSSR count). The second kappa shape index (κ2) is 6.33. The van der Waals surface area contributed by atoms with Crippen molar-refractivity contribution in [2.75, 3.05) is 11.1 Å². The van der Waals surface area contributed by atoms with Gasteiger partial charge in [-0.15, -0.1) is 11.8 Å². The minimum Gasteiger partial charge on any atom is -0.310 e. The van der Waals surface area contributed by atoms with Gasteiger partial charge in [0.2, 0.25) is 5.91 Å². The van der Waals surface area contributed by atoms with Crippen LogP contribution in [0.2, 0.25) is 0 Å². The van der Waals surface area contributed by atoms with E-state index >= 15 is 0 Å². The topological polar surface area (TPSA) is 59.8 Å². The Bertz CT molecular complexity index is 924. The molecule has 1 aliphatic heterocycles. The summed E-state index contributed by atoms with van der Waals surface area (Å²) in [5, 5.41) is 7.43. The molecule has 0 unspecified atom stereocenters. The van der Waals surface area contributed by atoms with Gasteiger partial charge in [0.25, 0.3) is 0 Å². The summed E-state index contributed by atoms with van der Waals surface area (Å²) in [5.74, 6) is 1.21. The number of carbonyl (C=O) groups excluding carboxylic acids is 1. The third-order valence-corrected chi connectivity index (χ3v) is 5.32. The first-order valence-electron chi connectivity index (χ1n) is 7.81. The van der Waals surface area contributed by atoms with E-state index in [0.29, 0.717) is 17.4 Å². The Kier molecular flexibility index (Phi) is 4.01. The Morgan fingerprint density at radius 1 is 1.24 bits per heavy atom. The zero-order valence-electron chi connectivity index (χ0n) is 13.4. The first kappa shape index (κ1) is 15.8. The fraction of sp³-hybridized carbons (Fsp3) is 0.167. The maximum absolute atomic E-state index is 13.3. The second-order valence-corrected chi connectivity index (χ2v) is 6.83. The lowest BCUT2D eigenvalue weighted by molar-refractivity contribution is -0.113. The first-order chi connectivity index (χ1) is 12.1. The number of amides is 1. The van der Waals surface area contributed by atoms with Crippen LogP contribution in [0.3, 0.4) is 0 Å². The lowest BCUT2D eigenvalue weighted by atomic mass is 10.0. The Labute approximate surface area is 148 Å².